The van der Waals surface area contributed by atoms with E-state index in [9.17, 15) is 19.4 Å². The Bertz CT molecular complexity index is 1160. The summed E-state index contributed by atoms with van der Waals surface area (Å²) < 4.78 is 33.4. The summed E-state index contributed by atoms with van der Waals surface area (Å²) in [5, 5.41) is 18.4. The number of aliphatic hydroxyl groups excluding tert-OH is 2. The molecule has 348 valence electrons. The summed E-state index contributed by atoms with van der Waals surface area (Å²) in [6.45, 7) is 3.37. The van der Waals surface area contributed by atoms with Gasteiger partial charge in [0.1, 0.15) is 12.2 Å². The van der Waals surface area contributed by atoms with Crippen LogP contribution in [-0.2, 0) is 27.9 Å². The Hall–Kier alpha value is -2.10. The Labute approximate surface area is 367 Å². The fourth-order valence-electron chi connectivity index (χ4n) is 6.26. The molecule has 0 saturated carbocycles. The summed E-state index contributed by atoms with van der Waals surface area (Å²) in [5.41, 5.74) is 0. The summed E-state index contributed by atoms with van der Waals surface area (Å²) in [6, 6.07) is 0. The van der Waals surface area contributed by atoms with E-state index >= 15 is 0 Å². The number of unbranched alkanes of at least 4 members (excludes halogenated alkanes) is 19. The van der Waals surface area contributed by atoms with Gasteiger partial charge in [-0.15, -0.1) is 0 Å². The number of hydrogen-bond donors (Lipinski definition) is 3. The van der Waals surface area contributed by atoms with E-state index in [4.69, 9.17) is 23.6 Å². The van der Waals surface area contributed by atoms with Gasteiger partial charge in [0.2, 0.25) is 0 Å². The quantitative estimate of drug-likeness (QED) is 0.0237. The van der Waals surface area contributed by atoms with Gasteiger partial charge in [0.05, 0.1) is 26.4 Å². The van der Waals surface area contributed by atoms with Crippen molar-refractivity contribution in [2.75, 3.05) is 33.0 Å². The van der Waals surface area contributed by atoms with E-state index in [0.717, 1.165) is 83.5 Å². The van der Waals surface area contributed by atoms with Gasteiger partial charge in [0.25, 0.3) is 0 Å². The van der Waals surface area contributed by atoms with Gasteiger partial charge in [0.15, 0.2) is 0 Å². The second-order valence-corrected chi connectivity index (χ2v) is 17.2. The van der Waals surface area contributed by atoms with Crippen LogP contribution in [0.3, 0.4) is 0 Å². The van der Waals surface area contributed by atoms with Crippen molar-refractivity contribution in [3.8, 4) is 0 Å². The largest absolute Gasteiger partial charge is 0.472 e. The molecule has 3 N–H and O–H groups in total. The van der Waals surface area contributed by atoms with Crippen LogP contribution in [0.15, 0.2) is 72.9 Å². The van der Waals surface area contributed by atoms with Crippen molar-refractivity contribution < 1.29 is 43.0 Å². The Morgan fingerprint density at radius 1 is 0.533 bits per heavy atom. The number of allylic oxidation sites excluding steroid dienone is 12. The molecule has 0 spiro atoms. The number of phosphoric ester groups is 1. The molecule has 0 rings (SSSR count). The first kappa shape index (κ1) is 57.9. The van der Waals surface area contributed by atoms with Crippen LogP contribution in [0, 0.1) is 0 Å². The molecule has 3 unspecified atom stereocenters. The van der Waals surface area contributed by atoms with Gasteiger partial charge in [-0.1, -0.05) is 177 Å². The number of aliphatic hydroxyl groups is 2. The van der Waals surface area contributed by atoms with E-state index in [-0.39, 0.29) is 19.6 Å². The maximum absolute atomic E-state index is 12.7. The van der Waals surface area contributed by atoms with Gasteiger partial charge >= 0.3 is 13.8 Å². The first-order valence-corrected chi connectivity index (χ1v) is 25.4. The number of carbonyl (C=O) groups excluding carboxylic acids is 1. The fourth-order valence-corrected chi connectivity index (χ4v) is 7.05. The third-order valence-electron chi connectivity index (χ3n) is 9.88. The molecule has 0 aromatic rings. The van der Waals surface area contributed by atoms with Crippen LogP contribution in [-0.4, -0.2) is 66.3 Å². The van der Waals surface area contributed by atoms with Crippen molar-refractivity contribution in [1.82, 2.24) is 0 Å². The first-order chi connectivity index (χ1) is 29.3. The van der Waals surface area contributed by atoms with E-state index < -0.39 is 39.2 Å². The maximum atomic E-state index is 12.7. The highest BCUT2D eigenvalue weighted by Gasteiger charge is 2.26. The summed E-state index contributed by atoms with van der Waals surface area (Å²) in [6.07, 6.45) is 55.7. The molecule has 0 heterocycles. The van der Waals surface area contributed by atoms with Crippen LogP contribution in [0.4, 0.5) is 0 Å². The van der Waals surface area contributed by atoms with Crippen LogP contribution in [0.1, 0.15) is 194 Å². The zero-order chi connectivity index (χ0) is 43.9. The highest BCUT2D eigenvalue weighted by Crippen LogP contribution is 2.43. The standard InChI is InChI=1S/C50H89O9P/c1-3-5-7-9-11-13-15-17-19-21-22-23-24-25-26-27-28-30-32-34-36-38-40-42-50(53)59-49(47-58-60(54,55)57-45-48(52)44-51)46-56-43-41-39-37-35-33-31-29-20-18-16-14-12-10-8-6-4-2/h5,7,11,13,17-20,22-23,25-26,48-49,51-52H,3-4,6,8-10,12,14-16,21,24,27-47H2,1-2H3,(H,54,55)/b7-5-,13-11-,19-17-,20-18-,23-22-,26-25-. The van der Waals surface area contributed by atoms with Crippen LogP contribution in [0.5, 0.6) is 0 Å². The summed E-state index contributed by atoms with van der Waals surface area (Å²) in [7, 11) is -4.53. The summed E-state index contributed by atoms with van der Waals surface area (Å²) in [5.74, 6) is -0.397. The topological polar surface area (TPSA) is 132 Å². The second-order valence-electron chi connectivity index (χ2n) is 15.7. The number of ether oxygens (including phenoxy) is 2. The molecular weight excluding hydrogens is 776 g/mol. The molecule has 0 aromatic carbocycles. The number of carbonyl (C=O) groups is 1. The first-order valence-electron chi connectivity index (χ1n) is 23.9. The molecular formula is C50H89O9P. The van der Waals surface area contributed by atoms with Crippen molar-refractivity contribution in [3.63, 3.8) is 0 Å². The predicted octanol–water partition coefficient (Wildman–Crippen LogP) is 13.7. The van der Waals surface area contributed by atoms with Gasteiger partial charge in [-0.05, 0) is 83.5 Å². The molecule has 0 fully saturated rings. The highest BCUT2D eigenvalue weighted by atomic mass is 31.2. The normalized spacial score (nSPS) is 14.6. The average molecular weight is 865 g/mol. The summed E-state index contributed by atoms with van der Waals surface area (Å²) >= 11 is 0. The van der Waals surface area contributed by atoms with Gasteiger partial charge in [-0.3, -0.25) is 13.8 Å². The van der Waals surface area contributed by atoms with Crippen molar-refractivity contribution in [2.45, 2.75) is 206 Å². The molecule has 0 aliphatic carbocycles. The average Bonchev–Trinajstić information content (AvgIpc) is 3.24. The smallest absolute Gasteiger partial charge is 0.457 e. The van der Waals surface area contributed by atoms with Crippen molar-refractivity contribution in [2.24, 2.45) is 0 Å². The maximum Gasteiger partial charge on any atom is 0.472 e. The van der Waals surface area contributed by atoms with Gasteiger partial charge in [-0.25, -0.2) is 4.57 Å². The lowest BCUT2D eigenvalue weighted by molar-refractivity contribution is -0.154. The zero-order valence-corrected chi connectivity index (χ0v) is 39.1. The van der Waals surface area contributed by atoms with Crippen molar-refractivity contribution in [1.29, 1.82) is 0 Å². The Morgan fingerprint density at radius 2 is 0.950 bits per heavy atom. The number of phosphoric acid groups is 1. The van der Waals surface area contributed by atoms with Gasteiger partial charge in [-0.2, -0.15) is 0 Å². The number of hydrogen-bond acceptors (Lipinski definition) is 8. The minimum Gasteiger partial charge on any atom is -0.457 e. The molecule has 0 bridgehead atoms. The lowest BCUT2D eigenvalue weighted by Crippen LogP contribution is -2.29. The second kappa shape index (κ2) is 46.4. The molecule has 10 heteroatoms. The van der Waals surface area contributed by atoms with E-state index in [0.29, 0.717) is 13.0 Å². The fraction of sp³-hybridized carbons (Fsp3) is 0.740. The van der Waals surface area contributed by atoms with E-state index in [1.165, 1.54) is 83.5 Å². The SMILES string of the molecule is CC/C=C\C/C=C\C/C=C\C/C=C\C/C=C\CCCCCCCCCC(=O)OC(COCCCCCCCC/C=C\CCCCCCCC)COP(=O)(O)OCC(O)CO. The van der Waals surface area contributed by atoms with Crippen molar-refractivity contribution >= 4 is 13.8 Å². The van der Waals surface area contributed by atoms with Gasteiger partial charge < -0.3 is 24.6 Å². The Kier molecular flexibility index (Phi) is 44.8. The van der Waals surface area contributed by atoms with Crippen LogP contribution >= 0.6 is 7.82 Å². The van der Waals surface area contributed by atoms with Crippen LogP contribution < -0.4 is 0 Å². The Balaban J connectivity index is 4.16. The molecule has 60 heavy (non-hydrogen) atoms. The molecule has 0 saturated heterocycles. The summed E-state index contributed by atoms with van der Waals surface area (Å²) in [4.78, 5) is 22.7. The minimum atomic E-state index is -4.53. The van der Waals surface area contributed by atoms with Gasteiger partial charge in [0, 0.05) is 13.0 Å². The lowest BCUT2D eigenvalue weighted by atomic mass is 10.1. The third-order valence-corrected chi connectivity index (χ3v) is 10.8. The molecule has 0 radical (unpaired) electrons. The predicted molar refractivity (Wildman–Crippen MR) is 251 cm³/mol. The third kappa shape index (κ3) is 45.4. The molecule has 0 aliphatic heterocycles. The lowest BCUT2D eigenvalue weighted by Gasteiger charge is -2.20. The zero-order valence-electron chi connectivity index (χ0n) is 38.2. The molecule has 0 amide bonds. The number of esters is 1. The van der Waals surface area contributed by atoms with Crippen LogP contribution in [0.2, 0.25) is 0 Å². The van der Waals surface area contributed by atoms with Crippen LogP contribution in [0.25, 0.3) is 0 Å². The van der Waals surface area contributed by atoms with Crippen molar-refractivity contribution in [3.05, 3.63) is 72.9 Å². The van der Waals surface area contributed by atoms with E-state index in [1.807, 2.05) is 0 Å². The van der Waals surface area contributed by atoms with E-state index in [1.54, 1.807) is 0 Å². The molecule has 0 aliphatic rings. The minimum absolute atomic E-state index is 0.0374. The molecule has 3 atom stereocenters. The molecule has 9 nitrogen and oxygen atoms in total. The highest BCUT2D eigenvalue weighted by molar-refractivity contribution is 7.47. The molecule has 0 aromatic heterocycles. The monoisotopic (exact) mass is 865 g/mol. The van der Waals surface area contributed by atoms with E-state index in [2.05, 4.69) is 86.8 Å². The Morgan fingerprint density at radius 3 is 1.45 bits per heavy atom. The number of rotatable bonds is 45.